The van der Waals surface area contributed by atoms with Crippen molar-refractivity contribution < 1.29 is 9.59 Å². The summed E-state index contributed by atoms with van der Waals surface area (Å²) in [7, 11) is 0. The molecular formula is C17H16N2O2. The van der Waals surface area contributed by atoms with Gasteiger partial charge in [0.25, 0.3) is 0 Å². The van der Waals surface area contributed by atoms with Crippen molar-refractivity contribution in [1.29, 1.82) is 0 Å². The van der Waals surface area contributed by atoms with E-state index in [2.05, 4.69) is 5.32 Å². The molecule has 0 radical (unpaired) electrons. The minimum atomic E-state index is -0.216. The molecule has 2 aromatic carbocycles. The highest BCUT2D eigenvalue weighted by Gasteiger charge is 2.28. The monoisotopic (exact) mass is 280 g/mol. The van der Waals surface area contributed by atoms with E-state index < -0.39 is 0 Å². The van der Waals surface area contributed by atoms with Crippen LogP contribution in [0.1, 0.15) is 22.8 Å². The number of fused-ring (bicyclic) bond motifs is 2. The summed E-state index contributed by atoms with van der Waals surface area (Å²) in [6.07, 6.45) is 0.309. The number of hydrogen-bond donors (Lipinski definition) is 1. The summed E-state index contributed by atoms with van der Waals surface area (Å²) in [4.78, 5) is 26.5. The summed E-state index contributed by atoms with van der Waals surface area (Å²) < 4.78 is 0. The molecule has 1 N–H and O–H groups in total. The SMILES string of the molecule is CCNC(=O)N1c2ccccc2CC(=O)c2ccccc21. The maximum atomic E-state index is 12.5. The van der Waals surface area contributed by atoms with E-state index in [0.29, 0.717) is 24.2 Å². The summed E-state index contributed by atoms with van der Waals surface area (Å²) in [5, 5.41) is 2.82. The Bertz CT molecular complexity index is 709. The lowest BCUT2D eigenvalue weighted by atomic mass is 10.0. The molecule has 0 fully saturated rings. The number of anilines is 2. The van der Waals surface area contributed by atoms with E-state index in [9.17, 15) is 9.59 Å². The number of benzene rings is 2. The molecule has 4 heteroatoms. The molecule has 0 aromatic heterocycles. The van der Waals surface area contributed by atoms with Crippen molar-refractivity contribution in [1.82, 2.24) is 5.32 Å². The molecule has 0 saturated heterocycles. The number of hydrogen-bond acceptors (Lipinski definition) is 2. The Morgan fingerprint density at radius 2 is 1.76 bits per heavy atom. The third-order valence-electron chi connectivity index (χ3n) is 3.56. The highest BCUT2D eigenvalue weighted by molar-refractivity contribution is 6.12. The second kappa shape index (κ2) is 5.40. The largest absolute Gasteiger partial charge is 0.338 e. The lowest BCUT2D eigenvalue weighted by Gasteiger charge is -2.24. The van der Waals surface area contributed by atoms with E-state index in [0.717, 1.165) is 11.3 Å². The Balaban J connectivity index is 2.23. The number of rotatable bonds is 1. The molecule has 2 aromatic rings. The van der Waals surface area contributed by atoms with Crippen molar-refractivity contribution in [3.05, 3.63) is 59.7 Å². The van der Waals surface area contributed by atoms with Gasteiger partial charge in [0.1, 0.15) is 0 Å². The molecule has 1 aliphatic rings. The van der Waals surface area contributed by atoms with Crippen LogP contribution in [0.2, 0.25) is 0 Å². The molecule has 0 aliphatic carbocycles. The first-order chi connectivity index (χ1) is 10.2. The summed E-state index contributed by atoms with van der Waals surface area (Å²) in [6, 6.07) is 14.6. The van der Waals surface area contributed by atoms with Crippen LogP contribution in [0.5, 0.6) is 0 Å². The number of carbonyl (C=O) groups excluding carboxylic acids is 2. The van der Waals surface area contributed by atoms with E-state index in [4.69, 9.17) is 0 Å². The van der Waals surface area contributed by atoms with Crippen LogP contribution in [0.15, 0.2) is 48.5 Å². The molecule has 2 amide bonds. The normalized spacial score (nSPS) is 13.2. The molecule has 1 aliphatic heterocycles. The first kappa shape index (κ1) is 13.4. The fraction of sp³-hybridized carbons (Fsp3) is 0.176. The first-order valence-corrected chi connectivity index (χ1v) is 7.00. The minimum Gasteiger partial charge on any atom is -0.338 e. The zero-order chi connectivity index (χ0) is 14.8. The molecule has 0 bridgehead atoms. The van der Waals surface area contributed by atoms with Crippen LogP contribution in [-0.2, 0) is 6.42 Å². The van der Waals surface area contributed by atoms with Gasteiger partial charge in [-0.05, 0) is 30.7 Å². The molecule has 3 rings (SSSR count). The van der Waals surface area contributed by atoms with Crippen LogP contribution < -0.4 is 10.2 Å². The van der Waals surface area contributed by atoms with Gasteiger partial charge in [-0.3, -0.25) is 9.69 Å². The molecule has 4 nitrogen and oxygen atoms in total. The average Bonchev–Trinajstić information content (AvgIpc) is 2.62. The smallest absolute Gasteiger partial charge is 0.326 e. The van der Waals surface area contributed by atoms with Crippen molar-refractivity contribution in [2.24, 2.45) is 0 Å². The van der Waals surface area contributed by atoms with E-state index in [1.165, 1.54) is 0 Å². The van der Waals surface area contributed by atoms with Gasteiger partial charge in [0.05, 0.1) is 11.4 Å². The van der Waals surface area contributed by atoms with Gasteiger partial charge in [0, 0.05) is 18.5 Å². The number of urea groups is 1. The predicted molar refractivity (Wildman–Crippen MR) is 82.1 cm³/mol. The average molecular weight is 280 g/mol. The number of nitrogens with one attached hydrogen (secondary N) is 1. The summed E-state index contributed by atoms with van der Waals surface area (Å²) >= 11 is 0. The van der Waals surface area contributed by atoms with Gasteiger partial charge in [0.15, 0.2) is 5.78 Å². The fourth-order valence-electron chi connectivity index (χ4n) is 2.63. The van der Waals surface area contributed by atoms with Crippen molar-refractivity contribution in [3.63, 3.8) is 0 Å². The highest BCUT2D eigenvalue weighted by Crippen LogP contribution is 2.35. The van der Waals surface area contributed by atoms with Crippen molar-refractivity contribution >= 4 is 23.2 Å². The van der Waals surface area contributed by atoms with Gasteiger partial charge in [-0.1, -0.05) is 30.3 Å². The van der Waals surface area contributed by atoms with Gasteiger partial charge in [-0.2, -0.15) is 0 Å². The lowest BCUT2D eigenvalue weighted by molar-refractivity contribution is 0.0994. The van der Waals surface area contributed by atoms with Crippen molar-refractivity contribution in [2.75, 3.05) is 11.4 Å². The van der Waals surface area contributed by atoms with Crippen molar-refractivity contribution in [2.45, 2.75) is 13.3 Å². The quantitative estimate of drug-likeness (QED) is 0.871. The molecule has 0 saturated carbocycles. The number of carbonyl (C=O) groups is 2. The molecule has 106 valence electrons. The Morgan fingerprint density at radius 3 is 2.52 bits per heavy atom. The maximum Gasteiger partial charge on any atom is 0.326 e. The second-order valence-electron chi connectivity index (χ2n) is 4.92. The minimum absolute atomic E-state index is 0.0323. The van der Waals surface area contributed by atoms with Crippen LogP contribution >= 0.6 is 0 Å². The van der Waals surface area contributed by atoms with Gasteiger partial charge >= 0.3 is 6.03 Å². The zero-order valence-electron chi connectivity index (χ0n) is 11.8. The third kappa shape index (κ3) is 2.29. The molecule has 0 spiro atoms. The van der Waals surface area contributed by atoms with E-state index >= 15 is 0 Å². The van der Waals surface area contributed by atoms with Crippen LogP contribution in [-0.4, -0.2) is 18.4 Å². The lowest BCUT2D eigenvalue weighted by Crippen LogP contribution is -2.37. The standard InChI is InChI=1S/C17H16N2O2/c1-2-18-17(21)19-14-9-5-3-7-12(14)11-16(20)13-8-4-6-10-15(13)19/h3-10H,2,11H2,1H3,(H,18,21). The number of Topliss-reactive ketones (excluding diaryl/α,β-unsaturated/α-hetero) is 1. The van der Waals surface area contributed by atoms with E-state index in [1.807, 2.05) is 49.4 Å². The topological polar surface area (TPSA) is 49.4 Å². The van der Waals surface area contributed by atoms with Crippen LogP contribution in [0.3, 0.4) is 0 Å². The fourth-order valence-corrected chi connectivity index (χ4v) is 2.63. The van der Waals surface area contributed by atoms with Crippen LogP contribution in [0.25, 0.3) is 0 Å². The van der Waals surface area contributed by atoms with Crippen molar-refractivity contribution in [3.8, 4) is 0 Å². The van der Waals surface area contributed by atoms with Gasteiger partial charge < -0.3 is 5.32 Å². The number of ketones is 1. The number of nitrogens with zero attached hydrogens (tertiary/aromatic N) is 1. The highest BCUT2D eigenvalue weighted by atomic mass is 16.2. The molecule has 0 atom stereocenters. The Labute approximate surface area is 123 Å². The maximum absolute atomic E-state index is 12.5. The third-order valence-corrected chi connectivity index (χ3v) is 3.56. The number of amides is 2. The van der Waals surface area contributed by atoms with E-state index in [1.54, 1.807) is 11.0 Å². The zero-order valence-corrected chi connectivity index (χ0v) is 11.8. The van der Waals surface area contributed by atoms with Gasteiger partial charge in [-0.25, -0.2) is 4.79 Å². The molecular weight excluding hydrogens is 264 g/mol. The second-order valence-corrected chi connectivity index (χ2v) is 4.92. The Hall–Kier alpha value is -2.62. The van der Waals surface area contributed by atoms with Gasteiger partial charge in [-0.15, -0.1) is 0 Å². The van der Waals surface area contributed by atoms with E-state index in [-0.39, 0.29) is 11.8 Å². The number of para-hydroxylation sites is 2. The summed E-state index contributed by atoms with van der Waals surface area (Å²) in [5.41, 5.74) is 2.85. The summed E-state index contributed by atoms with van der Waals surface area (Å²) in [6.45, 7) is 2.41. The van der Waals surface area contributed by atoms with Crippen LogP contribution in [0, 0.1) is 0 Å². The molecule has 0 unspecified atom stereocenters. The van der Waals surface area contributed by atoms with Crippen LogP contribution in [0.4, 0.5) is 16.2 Å². The predicted octanol–water partition coefficient (Wildman–Crippen LogP) is 3.29. The van der Waals surface area contributed by atoms with Gasteiger partial charge in [0.2, 0.25) is 0 Å². The Kier molecular flexibility index (Phi) is 3.44. The molecule has 1 heterocycles. The Morgan fingerprint density at radius 1 is 1.10 bits per heavy atom. The molecule has 21 heavy (non-hydrogen) atoms. The summed E-state index contributed by atoms with van der Waals surface area (Å²) in [5.74, 6) is 0.0323. The first-order valence-electron chi connectivity index (χ1n) is 7.00.